The van der Waals surface area contributed by atoms with Crippen LogP contribution in [-0.4, -0.2) is 14.1 Å². The van der Waals surface area contributed by atoms with Gasteiger partial charge >= 0.3 is 5.69 Å². The van der Waals surface area contributed by atoms with Crippen molar-refractivity contribution in [2.75, 3.05) is 0 Å². The molecule has 0 bridgehead atoms. The maximum Gasteiger partial charge on any atom is 0.334 e. The van der Waals surface area contributed by atoms with Gasteiger partial charge in [0.15, 0.2) is 0 Å². The summed E-state index contributed by atoms with van der Waals surface area (Å²) in [7, 11) is 1.97. The molecule has 6 heteroatoms. The highest BCUT2D eigenvalue weighted by atomic mass is 32.1. The van der Waals surface area contributed by atoms with E-state index in [1.54, 1.807) is 11.3 Å². The molecule has 0 aliphatic heterocycles. The van der Waals surface area contributed by atoms with E-state index in [1.165, 1.54) is 9.44 Å². The molecule has 0 saturated heterocycles. The van der Waals surface area contributed by atoms with E-state index in [2.05, 4.69) is 4.98 Å². The molecular weight excluding hydrogens is 322 g/mol. The number of thiophene rings is 1. The molecule has 5 nitrogen and oxygen atoms in total. The monoisotopic (exact) mass is 337 g/mol. The van der Waals surface area contributed by atoms with Crippen molar-refractivity contribution in [2.45, 2.75) is 19.3 Å². The number of aryl methyl sites for hydroxylation is 3. The Hall–Kier alpha value is -2.60. The molecule has 3 aromatic heterocycles. The van der Waals surface area contributed by atoms with Crippen molar-refractivity contribution in [3.05, 3.63) is 61.7 Å². The highest BCUT2D eigenvalue weighted by molar-refractivity contribution is 7.18. The van der Waals surface area contributed by atoms with Crippen molar-refractivity contribution in [3.8, 4) is 5.69 Å². The Morgan fingerprint density at radius 3 is 2.92 bits per heavy atom. The van der Waals surface area contributed by atoms with E-state index >= 15 is 0 Å². The lowest BCUT2D eigenvalue weighted by atomic mass is 10.2. The Bertz CT molecular complexity index is 1240. The Labute approximate surface area is 140 Å². The van der Waals surface area contributed by atoms with Gasteiger partial charge in [-0.25, -0.2) is 9.36 Å². The first-order chi connectivity index (χ1) is 11.6. The molecule has 5 rings (SSSR count). The van der Waals surface area contributed by atoms with Crippen LogP contribution in [-0.2, 0) is 19.9 Å². The lowest BCUT2D eigenvalue weighted by Crippen LogP contribution is -2.33. The van der Waals surface area contributed by atoms with Crippen LogP contribution in [0.1, 0.15) is 16.9 Å². The van der Waals surface area contributed by atoms with Gasteiger partial charge in [-0.3, -0.25) is 9.78 Å². The molecule has 0 saturated carbocycles. The fourth-order valence-corrected chi connectivity index (χ4v) is 4.99. The zero-order valence-corrected chi connectivity index (χ0v) is 13.9. The first kappa shape index (κ1) is 13.8. The summed E-state index contributed by atoms with van der Waals surface area (Å²) in [5.74, 6) is 0. The molecule has 24 heavy (non-hydrogen) atoms. The third-order valence-corrected chi connectivity index (χ3v) is 6.10. The fourth-order valence-electron chi connectivity index (χ4n) is 3.72. The van der Waals surface area contributed by atoms with E-state index in [4.69, 9.17) is 0 Å². The molecule has 0 amide bonds. The lowest BCUT2D eigenvalue weighted by Gasteiger charge is -2.06. The average Bonchev–Trinajstić information content (AvgIpc) is 3.22. The third-order valence-electron chi connectivity index (χ3n) is 4.89. The van der Waals surface area contributed by atoms with Gasteiger partial charge in [-0.05, 0) is 49.1 Å². The molecule has 1 aromatic carbocycles. The molecule has 4 aromatic rings. The van der Waals surface area contributed by atoms with Crippen LogP contribution in [0.3, 0.4) is 0 Å². The van der Waals surface area contributed by atoms with Crippen LogP contribution >= 0.6 is 11.3 Å². The number of aromatic nitrogens is 3. The number of hydrogen-bond acceptors (Lipinski definition) is 3. The summed E-state index contributed by atoms with van der Waals surface area (Å²) >= 11 is 1.55. The average molecular weight is 337 g/mol. The number of nitrogens with one attached hydrogen (secondary N) is 1. The van der Waals surface area contributed by atoms with Crippen LogP contribution in [0, 0.1) is 0 Å². The predicted molar refractivity (Wildman–Crippen MR) is 96.5 cm³/mol. The highest BCUT2D eigenvalue weighted by Gasteiger charge is 2.22. The number of aromatic amines is 1. The highest BCUT2D eigenvalue weighted by Crippen LogP contribution is 2.34. The molecule has 0 atom stereocenters. The molecular formula is C18H15N3O2S. The molecule has 1 aliphatic carbocycles. The van der Waals surface area contributed by atoms with Gasteiger partial charge in [0.25, 0.3) is 5.56 Å². The summed E-state index contributed by atoms with van der Waals surface area (Å²) in [6.07, 6.45) is 4.99. The van der Waals surface area contributed by atoms with Crippen LogP contribution in [0.25, 0.3) is 26.8 Å². The van der Waals surface area contributed by atoms with Gasteiger partial charge in [0, 0.05) is 29.0 Å². The predicted octanol–water partition coefficient (Wildman–Crippen LogP) is 2.72. The van der Waals surface area contributed by atoms with E-state index in [1.807, 2.05) is 42.1 Å². The summed E-state index contributed by atoms with van der Waals surface area (Å²) in [4.78, 5) is 30.4. The number of rotatable bonds is 1. The fraction of sp³-hybridized carbons (Fsp3) is 0.222. The molecule has 3 heterocycles. The Morgan fingerprint density at radius 1 is 1.17 bits per heavy atom. The minimum absolute atomic E-state index is 0.205. The Kier molecular flexibility index (Phi) is 2.71. The van der Waals surface area contributed by atoms with Gasteiger partial charge < -0.3 is 4.57 Å². The standard InChI is InChI=1S/C18H15N3O2S/c1-20-8-7-10-9-11(5-6-13(10)20)21-17(22)15-12-3-2-4-14(12)24-16(15)19-18(21)23/h5-9H,2-4H2,1H3,(H,19,23). The second-order valence-corrected chi connectivity index (χ2v) is 7.41. The normalized spacial score (nSPS) is 13.9. The maximum atomic E-state index is 13.1. The van der Waals surface area contributed by atoms with E-state index in [0.29, 0.717) is 15.9 Å². The van der Waals surface area contributed by atoms with Crippen molar-refractivity contribution < 1.29 is 0 Å². The maximum absolute atomic E-state index is 13.1. The number of hydrogen-bond donors (Lipinski definition) is 1. The van der Waals surface area contributed by atoms with Gasteiger partial charge in [0.1, 0.15) is 4.83 Å². The first-order valence-electron chi connectivity index (χ1n) is 7.98. The van der Waals surface area contributed by atoms with E-state index < -0.39 is 0 Å². The quantitative estimate of drug-likeness (QED) is 0.580. The van der Waals surface area contributed by atoms with Crippen LogP contribution in [0.2, 0.25) is 0 Å². The van der Waals surface area contributed by atoms with E-state index in [-0.39, 0.29) is 11.2 Å². The number of fused-ring (bicyclic) bond motifs is 4. The third kappa shape index (κ3) is 1.74. The molecule has 1 N–H and O–H groups in total. The van der Waals surface area contributed by atoms with Gasteiger partial charge in [-0.1, -0.05) is 0 Å². The Balaban J connectivity index is 1.84. The second kappa shape index (κ2) is 4.70. The van der Waals surface area contributed by atoms with Crippen LogP contribution in [0.15, 0.2) is 40.1 Å². The first-order valence-corrected chi connectivity index (χ1v) is 8.80. The zero-order valence-electron chi connectivity index (χ0n) is 13.1. The molecule has 1 aliphatic rings. The second-order valence-electron chi connectivity index (χ2n) is 6.30. The van der Waals surface area contributed by atoms with Crippen molar-refractivity contribution in [2.24, 2.45) is 7.05 Å². The number of benzene rings is 1. The Morgan fingerprint density at radius 2 is 2.04 bits per heavy atom. The smallest absolute Gasteiger partial charge is 0.334 e. The molecule has 0 unspecified atom stereocenters. The molecule has 0 spiro atoms. The minimum Gasteiger partial charge on any atom is -0.351 e. The summed E-state index contributed by atoms with van der Waals surface area (Å²) in [5.41, 5.74) is 2.23. The minimum atomic E-state index is -0.372. The van der Waals surface area contributed by atoms with Gasteiger partial charge in [0.05, 0.1) is 11.1 Å². The zero-order chi connectivity index (χ0) is 16.4. The van der Waals surface area contributed by atoms with Crippen molar-refractivity contribution in [1.82, 2.24) is 14.1 Å². The van der Waals surface area contributed by atoms with E-state index in [9.17, 15) is 9.59 Å². The summed E-state index contributed by atoms with van der Waals surface area (Å²) in [5, 5.41) is 1.71. The lowest BCUT2D eigenvalue weighted by molar-refractivity contribution is 0.894. The van der Waals surface area contributed by atoms with Crippen molar-refractivity contribution >= 4 is 32.5 Å². The topological polar surface area (TPSA) is 59.8 Å². The van der Waals surface area contributed by atoms with Gasteiger partial charge in [0.2, 0.25) is 0 Å². The SMILES string of the molecule is Cn1ccc2cc(-n3c(=O)[nH]c4sc5c(c4c3=O)CCC5)ccc21. The van der Waals surface area contributed by atoms with Crippen LogP contribution < -0.4 is 11.2 Å². The molecule has 120 valence electrons. The van der Waals surface area contributed by atoms with E-state index in [0.717, 1.165) is 35.7 Å². The summed E-state index contributed by atoms with van der Waals surface area (Å²) < 4.78 is 3.28. The summed E-state index contributed by atoms with van der Waals surface area (Å²) in [6, 6.07) is 7.65. The van der Waals surface area contributed by atoms with Crippen molar-refractivity contribution in [1.29, 1.82) is 0 Å². The number of nitrogens with zero attached hydrogens (tertiary/aromatic N) is 2. The van der Waals surface area contributed by atoms with Gasteiger partial charge in [-0.2, -0.15) is 0 Å². The van der Waals surface area contributed by atoms with Crippen molar-refractivity contribution in [3.63, 3.8) is 0 Å². The number of H-pyrrole nitrogens is 1. The summed E-state index contributed by atoms with van der Waals surface area (Å²) in [6.45, 7) is 0. The molecule has 0 radical (unpaired) electrons. The molecule has 0 fully saturated rings. The van der Waals surface area contributed by atoms with Crippen LogP contribution in [0.5, 0.6) is 0 Å². The van der Waals surface area contributed by atoms with Crippen LogP contribution in [0.4, 0.5) is 0 Å². The largest absolute Gasteiger partial charge is 0.351 e. The van der Waals surface area contributed by atoms with Gasteiger partial charge in [-0.15, -0.1) is 11.3 Å².